The van der Waals surface area contributed by atoms with Crippen LogP contribution < -0.4 is 0 Å². The Bertz CT molecular complexity index is 196. The summed E-state index contributed by atoms with van der Waals surface area (Å²) in [7, 11) is 0. The smallest absolute Gasteiger partial charge is 0.0386 e. The summed E-state index contributed by atoms with van der Waals surface area (Å²) in [5.74, 6) is 3.73. The van der Waals surface area contributed by atoms with Gasteiger partial charge in [0.15, 0.2) is 0 Å². The fourth-order valence-electron chi connectivity index (χ4n) is 3.48. The lowest BCUT2D eigenvalue weighted by atomic mass is 9.76. The van der Waals surface area contributed by atoms with Crippen molar-refractivity contribution in [2.24, 2.45) is 23.7 Å². The molecule has 4 atom stereocenters. The fraction of sp³-hybridized carbons (Fsp3) is 1.00. The summed E-state index contributed by atoms with van der Waals surface area (Å²) in [6.45, 7) is 14.5. The van der Waals surface area contributed by atoms with Crippen LogP contribution in [-0.4, -0.2) is 0 Å². The third-order valence-electron chi connectivity index (χ3n) is 5.39. The van der Waals surface area contributed by atoms with Crippen molar-refractivity contribution in [3.63, 3.8) is 0 Å². The Hall–Kier alpha value is 0. The van der Waals surface area contributed by atoms with E-state index < -0.39 is 0 Å². The fourth-order valence-corrected chi connectivity index (χ4v) is 3.48. The second-order valence-corrected chi connectivity index (χ2v) is 7.35. The molecule has 0 aliphatic rings. The SMILES string of the molecule is CCCCC(C)CCC(C)C(C)C(CCC)CCCC. The second-order valence-electron chi connectivity index (χ2n) is 7.35. The zero-order valence-electron chi connectivity index (χ0n) is 15.4. The zero-order valence-corrected chi connectivity index (χ0v) is 15.4. The van der Waals surface area contributed by atoms with Crippen LogP contribution in [0, 0.1) is 23.7 Å². The van der Waals surface area contributed by atoms with Crippen LogP contribution in [0.5, 0.6) is 0 Å². The quantitative estimate of drug-likeness (QED) is 0.328. The Morgan fingerprint density at radius 2 is 1.20 bits per heavy atom. The summed E-state index contributed by atoms with van der Waals surface area (Å²) in [5.41, 5.74) is 0. The van der Waals surface area contributed by atoms with Crippen molar-refractivity contribution in [2.45, 2.75) is 106 Å². The lowest BCUT2D eigenvalue weighted by Crippen LogP contribution is -2.20. The number of rotatable bonds is 13. The predicted octanol–water partition coefficient (Wildman–Crippen LogP) is 7.47. The van der Waals surface area contributed by atoms with E-state index in [-0.39, 0.29) is 0 Å². The molecule has 122 valence electrons. The van der Waals surface area contributed by atoms with Crippen molar-refractivity contribution in [1.29, 1.82) is 0 Å². The molecule has 20 heavy (non-hydrogen) atoms. The summed E-state index contributed by atoms with van der Waals surface area (Å²) < 4.78 is 0. The molecule has 0 aliphatic carbocycles. The standard InChI is InChI=1S/C20H42/c1-7-10-13-17(4)15-16-18(5)19(6)20(12-9-3)14-11-8-2/h17-20H,7-16H2,1-6H3. The largest absolute Gasteiger partial charge is 0.0654 e. The van der Waals surface area contributed by atoms with Gasteiger partial charge >= 0.3 is 0 Å². The molecule has 0 heterocycles. The molecule has 0 rings (SSSR count). The van der Waals surface area contributed by atoms with Crippen LogP contribution in [0.4, 0.5) is 0 Å². The van der Waals surface area contributed by atoms with Crippen molar-refractivity contribution in [1.82, 2.24) is 0 Å². The number of hydrogen-bond donors (Lipinski definition) is 0. The molecule has 0 amide bonds. The summed E-state index contributed by atoms with van der Waals surface area (Å²) in [6, 6.07) is 0. The zero-order chi connectivity index (χ0) is 15.4. The summed E-state index contributed by atoms with van der Waals surface area (Å²) >= 11 is 0. The highest BCUT2D eigenvalue weighted by Gasteiger charge is 2.22. The van der Waals surface area contributed by atoms with E-state index in [1.165, 1.54) is 64.2 Å². The first-order chi connectivity index (χ1) is 9.56. The molecule has 0 heteroatoms. The van der Waals surface area contributed by atoms with Gasteiger partial charge in [-0.15, -0.1) is 0 Å². The van der Waals surface area contributed by atoms with Gasteiger partial charge in [0, 0.05) is 0 Å². The Balaban J connectivity index is 4.10. The molecule has 0 saturated heterocycles. The third-order valence-corrected chi connectivity index (χ3v) is 5.39. The lowest BCUT2D eigenvalue weighted by molar-refractivity contribution is 0.211. The molecule has 0 bridgehead atoms. The van der Waals surface area contributed by atoms with Gasteiger partial charge in [-0.2, -0.15) is 0 Å². The van der Waals surface area contributed by atoms with Crippen molar-refractivity contribution < 1.29 is 0 Å². The van der Waals surface area contributed by atoms with Gasteiger partial charge in [0.05, 0.1) is 0 Å². The highest BCUT2D eigenvalue weighted by Crippen LogP contribution is 2.32. The number of unbranched alkanes of at least 4 members (excludes halogenated alkanes) is 2. The van der Waals surface area contributed by atoms with Gasteiger partial charge in [-0.1, -0.05) is 106 Å². The first-order valence-corrected chi connectivity index (χ1v) is 9.56. The Morgan fingerprint density at radius 1 is 0.600 bits per heavy atom. The van der Waals surface area contributed by atoms with E-state index in [1.807, 2.05) is 0 Å². The molecule has 0 spiro atoms. The molecular formula is C20H42. The van der Waals surface area contributed by atoms with E-state index in [2.05, 4.69) is 41.5 Å². The van der Waals surface area contributed by atoms with Gasteiger partial charge in [0.2, 0.25) is 0 Å². The highest BCUT2D eigenvalue weighted by atomic mass is 14.3. The summed E-state index contributed by atoms with van der Waals surface area (Å²) in [6.07, 6.45) is 14.1. The third kappa shape index (κ3) is 9.03. The average Bonchev–Trinajstić information content (AvgIpc) is 2.46. The first kappa shape index (κ1) is 20.0. The minimum Gasteiger partial charge on any atom is -0.0654 e. The van der Waals surface area contributed by atoms with Crippen molar-refractivity contribution in [3.8, 4) is 0 Å². The minimum absolute atomic E-state index is 0.910. The van der Waals surface area contributed by atoms with E-state index in [0.717, 1.165) is 23.7 Å². The molecule has 0 nitrogen and oxygen atoms in total. The molecule has 0 radical (unpaired) electrons. The van der Waals surface area contributed by atoms with Crippen LogP contribution in [0.1, 0.15) is 106 Å². The van der Waals surface area contributed by atoms with Crippen molar-refractivity contribution in [3.05, 3.63) is 0 Å². The van der Waals surface area contributed by atoms with E-state index >= 15 is 0 Å². The monoisotopic (exact) mass is 282 g/mol. The van der Waals surface area contributed by atoms with E-state index in [1.54, 1.807) is 0 Å². The minimum atomic E-state index is 0.910. The maximum atomic E-state index is 2.53. The van der Waals surface area contributed by atoms with Gasteiger partial charge in [-0.25, -0.2) is 0 Å². The normalized spacial score (nSPS) is 17.7. The Morgan fingerprint density at radius 3 is 1.75 bits per heavy atom. The van der Waals surface area contributed by atoms with Gasteiger partial charge in [-0.05, 0) is 23.7 Å². The molecule has 0 aromatic carbocycles. The van der Waals surface area contributed by atoms with Crippen LogP contribution >= 0.6 is 0 Å². The molecule has 0 fully saturated rings. The maximum absolute atomic E-state index is 2.53. The molecule has 0 aliphatic heterocycles. The Labute approximate surface area is 130 Å². The summed E-state index contributed by atoms with van der Waals surface area (Å²) in [5, 5.41) is 0. The first-order valence-electron chi connectivity index (χ1n) is 9.56. The van der Waals surface area contributed by atoms with Gasteiger partial charge in [-0.3, -0.25) is 0 Å². The molecule has 0 aromatic rings. The average molecular weight is 283 g/mol. The van der Waals surface area contributed by atoms with E-state index in [9.17, 15) is 0 Å². The van der Waals surface area contributed by atoms with Gasteiger partial charge < -0.3 is 0 Å². The maximum Gasteiger partial charge on any atom is -0.0386 e. The molecule has 0 saturated carbocycles. The lowest BCUT2D eigenvalue weighted by Gasteiger charge is -2.29. The molecule has 0 aromatic heterocycles. The second kappa shape index (κ2) is 12.7. The van der Waals surface area contributed by atoms with Crippen LogP contribution in [0.2, 0.25) is 0 Å². The van der Waals surface area contributed by atoms with Crippen LogP contribution in [0.25, 0.3) is 0 Å². The van der Waals surface area contributed by atoms with E-state index in [0.29, 0.717) is 0 Å². The van der Waals surface area contributed by atoms with Gasteiger partial charge in [0.1, 0.15) is 0 Å². The molecule has 4 unspecified atom stereocenters. The van der Waals surface area contributed by atoms with Crippen molar-refractivity contribution >= 4 is 0 Å². The number of hydrogen-bond acceptors (Lipinski definition) is 0. The predicted molar refractivity (Wildman–Crippen MR) is 94.2 cm³/mol. The van der Waals surface area contributed by atoms with Crippen LogP contribution in [-0.2, 0) is 0 Å². The topological polar surface area (TPSA) is 0 Å². The Kier molecular flexibility index (Phi) is 12.7. The van der Waals surface area contributed by atoms with Gasteiger partial charge in [0.25, 0.3) is 0 Å². The summed E-state index contributed by atoms with van der Waals surface area (Å²) in [4.78, 5) is 0. The van der Waals surface area contributed by atoms with Crippen molar-refractivity contribution in [2.75, 3.05) is 0 Å². The molecular weight excluding hydrogens is 240 g/mol. The highest BCUT2D eigenvalue weighted by molar-refractivity contribution is 4.72. The van der Waals surface area contributed by atoms with Crippen LogP contribution in [0.15, 0.2) is 0 Å². The van der Waals surface area contributed by atoms with Crippen LogP contribution in [0.3, 0.4) is 0 Å². The molecule has 0 N–H and O–H groups in total. The van der Waals surface area contributed by atoms with E-state index in [4.69, 9.17) is 0 Å².